The second kappa shape index (κ2) is 61.5. The van der Waals surface area contributed by atoms with E-state index in [2.05, 4.69) is 27.0 Å². The molecule has 0 aromatic rings. The summed E-state index contributed by atoms with van der Waals surface area (Å²) in [6, 6.07) is 0. The number of aliphatic hydroxyl groups excluding tert-OH is 26. The molecule has 10 fully saturated rings. The molecule has 49 unspecified atom stereocenters. The van der Waals surface area contributed by atoms with Crippen LogP contribution < -0.4 is 0 Å². The van der Waals surface area contributed by atoms with Gasteiger partial charge in [-0.25, -0.2) is 0 Å². The van der Waals surface area contributed by atoms with Gasteiger partial charge < -0.3 is 190 Å². The highest BCUT2D eigenvalue weighted by molar-refractivity contribution is 5.06. The maximum atomic E-state index is 12.5. The molecule has 0 saturated carbocycles. The molecule has 0 aromatic carbocycles. The Morgan fingerprint density at radius 1 is 0.378 bits per heavy atom. The molecule has 0 radical (unpaired) electrons. The van der Waals surface area contributed by atoms with Gasteiger partial charge in [-0.3, -0.25) is 0 Å². The van der Waals surface area contributed by atoms with Gasteiger partial charge in [0.25, 0.3) is 0 Å². The zero-order valence-corrected chi connectivity index (χ0v) is 89.4. The Bertz CT molecular complexity index is 3670. The third kappa shape index (κ3) is 38.4. The van der Waals surface area contributed by atoms with E-state index in [0.717, 1.165) is 51.4 Å². The predicted molar refractivity (Wildman–Crippen MR) is 542 cm³/mol. The molecule has 49 atom stereocenters. The molecule has 10 aliphatic rings. The minimum absolute atomic E-state index is 0.0167. The fourth-order valence-electron chi connectivity index (χ4n) is 25.2. The Kier molecular flexibility index (Phi) is 53.1. The van der Waals surface area contributed by atoms with E-state index in [9.17, 15) is 133 Å². The third-order valence-electron chi connectivity index (χ3n) is 34.0. The van der Waals surface area contributed by atoms with Crippen molar-refractivity contribution in [2.45, 2.75) is 636 Å². The molecule has 10 aliphatic heterocycles. The van der Waals surface area contributed by atoms with E-state index in [4.69, 9.17) is 56.8 Å². The van der Waals surface area contributed by atoms with Crippen molar-refractivity contribution in [3.05, 3.63) is 25.3 Å². The van der Waals surface area contributed by atoms with E-state index >= 15 is 0 Å². The lowest BCUT2D eigenvalue weighted by Gasteiger charge is -2.51. The van der Waals surface area contributed by atoms with Crippen LogP contribution in [0.5, 0.6) is 0 Å². The van der Waals surface area contributed by atoms with Crippen LogP contribution >= 0.6 is 0 Å². The van der Waals surface area contributed by atoms with Gasteiger partial charge in [0.1, 0.15) is 73.2 Å². The number of hydrogen-bond donors (Lipinski definition) is 26. The van der Waals surface area contributed by atoms with Gasteiger partial charge in [0.05, 0.1) is 183 Å². The van der Waals surface area contributed by atoms with Gasteiger partial charge in [-0.1, -0.05) is 155 Å². The second-order valence-electron chi connectivity index (χ2n) is 47.6. The molecular formula is C110H198O38. The molecule has 148 heavy (non-hydrogen) atoms. The lowest BCUT2D eigenvalue weighted by Crippen LogP contribution is -2.64. The molecule has 38 heteroatoms. The standard InChI is InChI=1S/C110H198O38/c1-10-12-14-16-18-20-21-22-24-26-28-33-79(118)80(119)52-77-47-72(116)60-109(146-77)40-41-110(148-109)65(6)36-38-74(147-110)46-71(115)48-81(120)90-56-84(123)95(129)98(132)93(141-90)57-85(124)102-97(131)83(122)51-76(139-102)45-68(112)37-39-75-50-86(125)103(136)107(8,144-75)58-73(117)59-108(9)104(143-105-100(134)96(130)88(127)61-137-105)87(126)53-78(145-108)54-91-92(142-106-101(135)99(133)94(128)66(7)138-106)55-82(121)89(140-91)49-67(111)32-29-31-63(4)42-69(113)44-70(114)43-64(5)35-34-62(3)30-27-25-23-19-17-15-13-11-2/h10-11,62-106,111-136H,1-2,12-61H2,3-9H3. The largest absolute Gasteiger partial charge is 0.393 e. The number of ether oxygens (including phenoxy) is 12. The maximum absolute atomic E-state index is 12.5. The Labute approximate surface area is 877 Å². The van der Waals surface area contributed by atoms with Gasteiger partial charge in [0, 0.05) is 102 Å². The summed E-state index contributed by atoms with van der Waals surface area (Å²) in [5.41, 5.74) is -3.62. The first-order valence-corrected chi connectivity index (χ1v) is 57.0. The molecule has 26 N–H and O–H groups in total. The smallest absolute Gasteiger partial charge is 0.186 e. The van der Waals surface area contributed by atoms with Crippen LogP contribution in [0.15, 0.2) is 25.3 Å². The van der Waals surface area contributed by atoms with Crippen molar-refractivity contribution >= 4 is 0 Å². The molecule has 0 bridgehead atoms. The van der Waals surface area contributed by atoms with E-state index in [1.807, 2.05) is 26.0 Å². The highest BCUT2D eigenvalue weighted by atomic mass is 16.8. The average molecular weight is 2130 g/mol. The lowest BCUT2D eigenvalue weighted by molar-refractivity contribution is -0.380. The zero-order chi connectivity index (χ0) is 108. The van der Waals surface area contributed by atoms with Crippen LogP contribution in [-0.2, 0) is 56.8 Å². The number of rotatable bonds is 62. The second-order valence-corrected chi connectivity index (χ2v) is 47.6. The Morgan fingerprint density at radius 2 is 0.953 bits per heavy atom. The number of allylic oxidation sites excluding steroid dienone is 2. The molecule has 2 spiro atoms. The van der Waals surface area contributed by atoms with Crippen LogP contribution in [0.2, 0.25) is 0 Å². The van der Waals surface area contributed by atoms with Crippen molar-refractivity contribution in [1.29, 1.82) is 0 Å². The summed E-state index contributed by atoms with van der Waals surface area (Å²) in [5.74, 6) is -1.59. The van der Waals surface area contributed by atoms with Gasteiger partial charge in [-0.2, -0.15) is 0 Å². The van der Waals surface area contributed by atoms with E-state index in [1.54, 1.807) is 0 Å². The summed E-state index contributed by atoms with van der Waals surface area (Å²) in [4.78, 5) is 0. The lowest BCUT2D eigenvalue weighted by atomic mass is 9.78. The monoisotopic (exact) mass is 2130 g/mol. The predicted octanol–water partition coefficient (Wildman–Crippen LogP) is 5.11. The molecule has 0 amide bonds. The van der Waals surface area contributed by atoms with Gasteiger partial charge in [0.15, 0.2) is 24.2 Å². The van der Waals surface area contributed by atoms with Crippen molar-refractivity contribution in [2.24, 2.45) is 23.7 Å². The van der Waals surface area contributed by atoms with Crippen molar-refractivity contribution in [1.82, 2.24) is 0 Å². The van der Waals surface area contributed by atoms with Gasteiger partial charge in [0.2, 0.25) is 0 Å². The fraction of sp³-hybridized carbons (Fsp3) is 0.964. The van der Waals surface area contributed by atoms with Gasteiger partial charge in [-0.15, -0.1) is 13.2 Å². The number of unbranched alkanes of at least 4 members (excludes halogenated alkanes) is 15. The first-order chi connectivity index (χ1) is 70.1. The number of hydrogen-bond acceptors (Lipinski definition) is 38. The Balaban J connectivity index is 0.706. The van der Waals surface area contributed by atoms with Crippen LogP contribution in [0.3, 0.4) is 0 Å². The topological polar surface area (TPSA) is 637 Å². The van der Waals surface area contributed by atoms with E-state index in [-0.39, 0.29) is 115 Å². The van der Waals surface area contributed by atoms with Gasteiger partial charge in [-0.05, 0) is 141 Å². The van der Waals surface area contributed by atoms with Crippen molar-refractivity contribution in [2.75, 3.05) is 6.61 Å². The molecule has 0 aromatic heterocycles. The average Bonchev–Trinajstić information content (AvgIpc) is 1.49. The van der Waals surface area contributed by atoms with Crippen LogP contribution in [0.1, 0.15) is 363 Å². The Hall–Kier alpha value is -2.04. The zero-order valence-electron chi connectivity index (χ0n) is 89.4. The van der Waals surface area contributed by atoms with Crippen LogP contribution in [0.4, 0.5) is 0 Å². The summed E-state index contributed by atoms with van der Waals surface area (Å²) in [6.07, 6.45) is -26.4. The van der Waals surface area contributed by atoms with Crippen LogP contribution in [0.25, 0.3) is 0 Å². The highest BCUT2D eigenvalue weighted by Gasteiger charge is 2.61. The number of aliphatic hydroxyl groups is 26. The highest BCUT2D eigenvalue weighted by Crippen LogP contribution is 2.54. The summed E-state index contributed by atoms with van der Waals surface area (Å²) >= 11 is 0. The normalized spacial score (nSPS) is 40.9. The molecule has 866 valence electrons. The maximum Gasteiger partial charge on any atom is 0.186 e. The van der Waals surface area contributed by atoms with Crippen molar-refractivity contribution in [3.63, 3.8) is 0 Å². The molecular weight excluding hydrogens is 1930 g/mol. The summed E-state index contributed by atoms with van der Waals surface area (Å²) in [6.45, 7) is 20.0. The molecule has 10 saturated heterocycles. The SMILES string of the molecule is C=CCCCCCCCCCCCC(O)C(O)CC1CC(O)CC2(CCC3(OC(CC(O)CC(O)C4CC(O)C(O)C(O)C(CC(O)C5OC(CC(O)CCC6CC(O)C(O)C(C)(CC(O)CC7(C)OC(CC8OC(CC(O)CCCC(C)CC(O)CC(O)CC(C)CCC(C)CCCCCCCCC=C)C(O)CC8OC8OC(C)C(O)C(O)C8O)CC(O)C7OC7OCC(O)C(O)C7O)O6)CC(O)C5O)O4)CCC3C)O2)O1. The third-order valence-corrected chi connectivity index (χ3v) is 34.0. The fourth-order valence-corrected chi connectivity index (χ4v) is 25.2. The molecule has 10 heterocycles. The first kappa shape index (κ1) is 128. The Morgan fingerprint density at radius 3 is 1.62 bits per heavy atom. The molecule has 38 nitrogen and oxygen atoms in total. The molecule has 0 aliphatic carbocycles. The molecule has 10 rings (SSSR count). The van der Waals surface area contributed by atoms with Crippen molar-refractivity contribution < 1.29 is 190 Å². The minimum atomic E-state index is -1.88. The van der Waals surface area contributed by atoms with Crippen LogP contribution in [-0.4, -0.2) is 413 Å². The first-order valence-electron chi connectivity index (χ1n) is 57.0. The minimum Gasteiger partial charge on any atom is -0.393 e. The van der Waals surface area contributed by atoms with Crippen molar-refractivity contribution in [3.8, 4) is 0 Å². The van der Waals surface area contributed by atoms with Crippen LogP contribution in [0, 0.1) is 23.7 Å². The van der Waals surface area contributed by atoms with E-state index < -0.39 is 306 Å². The van der Waals surface area contributed by atoms with E-state index in [1.165, 1.54) is 97.8 Å². The van der Waals surface area contributed by atoms with Gasteiger partial charge >= 0.3 is 0 Å². The summed E-state index contributed by atoms with van der Waals surface area (Å²) in [7, 11) is 0. The quantitative estimate of drug-likeness (QED) is 0.0278. The van der Waals surface area contributed by atoms with E-state index in [0.29, 0.717) is 69.6 Å². The summed E-state index contributed by atoms with van der Waals surface area (Å²) < 4.78 is 77.0. The summed E-state index contributed by atoms with van der Waals surface area (Å²) in [5, 5.41) is 297.